The standard InChI is InChI=1S/C19H21FN4O2/c1-12(25)24-10-13(11-24)9-22-19(26)23-18-8-15(4-7-17(18)21)14-2-5-16(20)6-3-14/h2-8,13H,9-11,21H2,1H3,(H2,22,23,26). The normalized spacial score (nSPS) is 13.8. The predicted molar refractivity (Wildman–Crippen MR) is 99.0 cm³/mol. The van der Waals surface area contributed by atoms with Crippen LogP contribution in [0.4, 0.5) is 20.6 Å². The van der Waals surface area contributed by atoms with Gasteiger partial charge in [0, 0.05) is 32.5 Å². The van der Waals surface area contributed by atoms with Gasteiger partial charge in [-0.3, -0.25) is 4.79 Å². The molecule has 0 aromatic heterocycles. The quantitative estimate of drug-likeness (QED) is 0.736. The molecule has 6 nitrogen and oxygen atoms in total. The van der Waals surface area contributed by atoms with Gasteiger partial charge in [-0.2, -0.15) is 0 Å². The highest BCUT2D eigenvalue weighted by Gasteiger charge is 2.28. The molecule has 4 N–H and O–H groups in total. The molecule has 1 aliphatic heterocycles. The van der Waals surface area contributed by atoms with E-state index in [1.807, 2.05) is 6.07 Å². The molecule has 2 aromatic rings. The van der Waals surface area contributed by atoms with E-state index in [1.54, 1.807) is 29.2 Å². The van der Waals surface area contributed by atoms with E-state index in [2.05, 4.69) is 10.6 Å². The maximum atomic E-state index is 13.1. The Bertz CT molecular complexity index is 817. The second-order valence-electron chi connectivity index (χ2n) is 6.43. The van der Waals surface area contributed by atoms with Crippen molar-refractivity contribution in [1.82, 2.24) is 10.2 Å². The van der Waals surface area contributed by atoms with Gasteiger partial charge in [0.25, 0.3) is 0 Å². The summed E-state index contributed by atoms with van der Waals surface area (Å²) in [5.41, 5.74) is 8.52. The lowest BCUT2D eigenvalue weighted by Gasteiger charge is -2.38. The Morgan fingerprint density at radius 2 is 1.81 bits per heavy atom. The van der Waals surface area contributed by atoms with Crippen molar-refractivity contribution >= 4 is 23.3 Å². The van der Waals surface area contributed by atoms with Crippen molar-refractivity contribution in [1.29, 1.82) is 0 Å². The summed E-state index contributed by atoms with van der Waals surface area (Å²) in [5, 5.41) is 5.53. The molecule has 136 valence electrons. The molecule has 26 heavy (non-hydrogen) atoms. The zero-order chi connectivity index (χ0) is 18.7. The van der Waals surface area contributed by atoms with Crippen molar-refractivity contribution in [3.8, 4) is 11.1 Å². The number of halogens is 1. The Kier molecular flexibility index (Phi) is 5.06. The number of nitrogens with zero attached hydrogens (tertiary/aromatic N) is 1. The minimum absolute atomic E-state index is 0.0519. The monoisotopic (exact) mass is 356 g/mol. The topological polar surface area (TPSA) is 87.5 Å². The van der Waals surface area contributed by atoms with Gasteiger partial charge < -0.3 is 21.3 Å². The molecular formula is C19H21FN4O2. The minimum Gasteiger partial charge on any atom is -0.397 e. The zero-order valence-corrected chi connectivity index (χ0v) is 14.5. The lowest BCUT2D eigenvalue weighted by molar-refractivity contribution is -0.134. The van der Waals surface area contributed by atoms with Crippen LogP contribution in [0.2, 0.25) is 0 Å². The molecule has 0 bridgehead atoms. The highest BCUT2D eigenvalue weighted by molar-refractivity contribution is 5.93. The number of amides is 3. The highest BCUT2D eigenvalue weighted by atomic mass is 19.1. The number of anilines is 2. The minimum atomic E-state index is -0.353. The van der Waals surface area contributed by atoms with E-state index in [0.717, 1.165) is 11.1 Å². The van der Waals surface area contributed by atoms with Gasteiger partial charge in [0.2, 0.25) is 5.91 Å². The second-order valence-corrected chi connectivity index (χ2v) is 6.43. The fourth-order valence-electron chi connectivity index (χ4n) is 2.85. The number of carbonyl (C=O) groups excluding carboxylic acids is 2. The predicted octanol–water partition coefficient (Wildman–Crippen LogP) is 2.67. The van der Waals surface area contributed by atoms with E-state index in [-0.39, 0.29) is 23.7 Å². The largest absolute Gasteiger partial charge is 0.397 e. The first kappa shape index (κ1) is 17.7. The summed E-state index contributed by atoms with van der Waals surface area (Å²) in [6.07, 6.45) is 0. The van der Waals surface area contributed by atoms with Crippen molar-refractivity contribution < 1.29 is 14.0 Å². The number of urea groups is 1. The second kappa shape index (κ2) is 7.43. The number of nitrogens with two attached hydrogens (primary N) is 1. The molecule has 1 fully saturated rings. The van der Waals surface area contributed by atoms with Crippen molar-refractivity contribution in [3.63, 3.8) is 0 Å². The average molecular weight is 356 g/mol. The van der Waals surface area contributed by atoms with Gasteiger partial charge >= 0.3 is 6.03 Å². The van der Waals surface area contributed by atoms with Gasteiger partial charge in [-0.15, -0.1) is 0 Å². The first-order chi connectivity index (χ1) is 12.4. The molecule has 0 saturated carbocycles. The van der Waals surface area contributed by atoms with Crippen LogP contribution in [-0.4, -0.2) is 36.5 Å². The highest BCUT2D eigenvalue weighted by Crippen LogP contribution is 2.27. The van der Waals surface area contributed by atoms with Crippen molar-refractivity contribution in [2.45, 2.75) is 6.92 Å². The molecule has 0 spiro atoms. The molecule has 0 aliphatic carbocycles. The Hall–Kier alpha value is -3.09. The molecule has 0 unspecified atom stereocenters. The van der Waals surface area contributed by atoms with Crippen molar-refractivity contribution in [2.75, 3.05) is 30.7 Å². The third-order valence-corrected chi connectivity index (χ3v) is 4.43. The van der Waals surface area contributed by atoms with Gasteiger partial charge in [-0.05, 0) is 35.4 Å². The summed E-state index contributed by atoms with van der Waals surface area (Å²) >= 11 is 0. The molecule has 0 atom stereocenters. The van der Waals surface area contributed by atoms with Crippen LogP contribution in [0.15, 0.2) is 42.5 Å². The van der Waals surface area contributed by atoms with Crippen LogP contribution in [0, 0.1) is 11.7 Å². The van der Waals surface area contributed by atoms with E-state index < -0.39 is 0 Å². The van der Waals surface area contributed by atoms with Crippen LogP contribution >= 0.6 is 0 Å². The van der Waals surface area contributed by atoms with Gasteiger partial charge in [0.05, 0.1) is 11.4 Å². The average Bonchev–Trinajstić information content (AvgIpc) is 2.56. The Morgan fingerprint density at radius 1 is 1.15 bits per heavy atom. The van der Waals surface area contributed by atoms with Gasteiger partial charge in [-0.25, -0.2) is 9.18 Å². The van der Waals surface area contributed by atoms with Gasteiger partial charge in [0.1, 0.15) is 5.82 Å². The van der Waals surface area contributed by atoms with E-state index in [1.165, 1.54) is 19.1 Å². The first-order valence-corrected chi connectivity index (χ1v) is 8.38. The van der Waals surface area contributed by atoms with Gasteiger partial charge in [0.15, 0.2) is 0 Å². The molecule has 1 aliphatic rings. The fraction of sp³-hybridized carbons (Fsp3) is 0.263. The fourth-order valence-corrected chi connectivity index (χ4v) is 2.85. The van der Waals surface area contributed by atoms with Crippen molar-refractivity contribution in [2.24, 2.45) is 5.92 Å². The molecule has 3 rings (SSSR count). The molecule has 1 heterocycles. The number of nitrogen functional groups attached to an aromatic ring is 1. The van der Waals surface area contributed by atoms with Crippen LogP contribution in [0.3, 0.4) is 0 Å². The number of carbonyl (C=O) groups is 2. The maximum Gasteiger partial charge on any atom is 0.319 e. The summed E-state index contributed by atoms with van der Waals surface area (Å²) in [7, 11) is 0. The van der Waals surface area contributed by atoms with Gasteiger partial charge in [-0.1, -0.05) is 18.2 Å². The Morgan fingerprint density at radius 3 is 2.46 bits per heavy atom. The van der Waals surface area contributed by atoms with Crippen LogP contribution in [0.25, 0.3) is 11.1 Å². The Balaban J connectivity index is 1.58. The number of benzene rings is 2. The first-order valence-electron chi connectivity index (χ1n) is 8.38. The van der Waals surface area contributed by atoms with Crippen LogP contribution < -0.4 is 16.4 Å². The molecule has 7 heteroatoms. The number of nitrogens with one attached hydrogen (secondary N) is 2. The smallest absolute Gasteiger partial charge is 0.319 e. The summed E-state index contributed by atoms with van der Waals surface area (Å²) < 4.78 is 13.1. The molecule has 0 radical (unpaired) electrons. The lowest BCUT2D eigenvalue weighted by Crippen LogP contribution is -2.53. The number of rotatable bonds is 4. The number of likely N-dealkylation sites (tertiary alicyclic amines) is 1. The van der Waals surface area contributed by atoms with Crippen LogP contribution in [0.5, 0.6) is 0 Å². The van der Waals surface area contributed by atoms with Crippen LogP contribution in [0.1, 0.15) is 6.92 Å². The summed E-state index contributed by atoms with van der Waals surface area (Å²) in [6, 6.07) is 11.0. The summed E-state index contributed by atoms with van der Waals surface area (Å²) in [6.45, 7) is 3.36. The number of hydrogen-bond donors (Lipinski definition) is 3. The summed E-state index contributed by atoms with van der Waals surface area (Å²) in [5.74, 6) is 0.0184. The van der Waals surface area contributed by atoms with E-state index in [4.69, 9.17) is 5.73 Å². The van der Waals surface area contributed by atoms with E-state index >= 15 is 0 Å². The zero-order valence-electron chi connectivity index (χ0n) is 14.5. The molecule has 3 amide bonds. The molecule has 1 saturated heterocycles. The van der Waals surface area contributed by atoms with E-state index in [0.29, 0.717) is 31.0 Å². The Labute approximate surface area is 151 Å². The molecular weight excluding hydrogens is 335 g/mol. The summed E-state index contributed by atoms with van der Waals surface area (Å²) in [4.78, 5) is 25.0. The van der Waals surface area contributed by atoms with Crippen LogP contribution in [-0.2, 0) is 4.79 Å². The lowest BCUT2D eigenvalue weighted by atomic mass is 10.0. The molecule has 2 aromatic carbocycles. The van der Waals surface area contributed by atoms with Crippen molar-refractivity contribution in [3.05, 3.63) is 48.3 Å². The third-order valence-electron chi connectivity index (χ3n) is 4.43. The maximum absolute atomic E-state index is 13.1. The SMILES string of the molecule is CC(=O)N1CC(CNC(=O)Nc2cc(-c3ccc(F)cc3)ccc2N)C1. The van der Waals surface area contributed by atoms with E-state index in [9.17, 15) is 14.0 Å². The number of hydrogen-bond acceptors (Lipinski definition) is 3. The third kappa shape index (κ3) is 4.11.